The van der Waals surface area contributed by atoms with Crippen molar-refractivity contribution in [3.05, 3.63) is 66.1 Å². The fourth-order valence-electron chi connectivity index (χ4n) is 1.61. The lowest BCUT2D eigenvalue weighted by molar-refractivity contribution is 0.553. The Morgan fingerprint density at radius 2 is 1.94 bits per heavy atom. The molecule has 2 heteroatoms. The van der Waals surface area contributed by atoms with Crippen molar-refractivity contribution >= 4 is 21.5 Å². The summed E-state index contributed by atoms with van der Waals surface area (Å²) < 4.78 is 5.46. The van der Waals surface area contributed by atoms with E-state index in [1.54, 1.807) is 6.26 Å². The minimum atomic E-state index is 0.923. The van der Waals surface area contributed by atoms with Gasteiger partial charge in [-0.15, -0.1) is 0 Å². The van der Waals surface area contributed by atoms with E-state index < -0.39 is 0 Å². The molecular formula is C14H13BrO. The smallest absolute Gasteiger partial charge is 0.134 e. The molecule has 0 spiro atoms. The van der Waals surface area contributed by atoms with Crippen LogP contribution in [-0.2, 0) is 0 Å². The maximum absolute atomic E-state index is 5.46. The summed E-state index contributed by atoms with van der Waals surface area (Å²) in [5.41, 5.74) is 2.35. The summed E-state index contributed by atoms with van der Waals surface area (Å²) in [6.45, 7) is 0. The van der Waals surface area contributed by atoms with E-state index in [4.69, 9.17) is 4.42 Å². The van der Waals surface area contributed by atoms with Gasteiger partial charge in [0, 0.05) is 10.9 Å². The van der Waals surface area contributed by atoms with Crippen LogP contribution in [0.3, 0.4) is 0 Å². The maximum Gasteiger partial charge on any atom is 0.134 e. The van der Waals surface area contributed by atoms with Gasteiger partial charge in [0.15, 0.2) is 0 Å². The quantitative estimate of drug-likeness (QED) is 0.750. The number of allylic oxidation sites excluding steroid dienone is 1. The number of hydrogen-bond acceptors (Lipinski definition) is 1. The molecular weight excluding hydrogens is 264 g/mol. The summed E-state index contributed by atoms with van der Waals surface area (Å²) in [7, 11) is 0. The molecule has 2 aromatic rings. The van der Waals surface area contributed by atoms with Crippen molar-refractivity contribution in [1.29, 1.82) is 0 Å². The molecule has 0 bridgehead atoms. The minimum Gasteiger partial charge on any atom is -0.464 e. The second kappa shape index (κ2) is 5.71. The van der Waals surface area contributed by atoms with E-state index in [9.17, 15) is 0 Å². The van der Waals surface area contributed by atoms with Crippen molar-refractivity contribution < 1.29 is 4.42 Å². The van der Waals surface area contributed by atoms with E-state index in [1.165, 1.54) is 5.56 Å². The molecule has 0 saturated heterocycles. The SMILES string of the molecule is BrCC/C=C(\c1ccccc1)c1ccco1. The van der Waals surface area contributed by atoms with Gasteiger partial charge in [0.1, 0.15) is 5.76 Å². The lowest BCUT2D eigenvalue weighted by atomic mass is 10.0. The molecule has 0 radical (unpaired) electrons. The molecule has 1 aromatic heterocycles. The van der Waals surface area contributed by atoms with E-state index >= 15 is 0 Å². The van der Waals surface area contributed by atoms with Crippen molar-refractivity contribution in [2.75, 3.05) is 5.33 Å². The van der Waals surface area contributed by atoms with Crippen LogP contribution in [0.1, 0.15) is 17.7 Å². The summed E-state index contributed by atoms with van der Waals surface area (Å²) in [6, 6.07) is 14.2. The molecule has 1 heterocycles. The van der Waals surface area contributed by atoms with Gasteiger partial charge in [-0.2, -0.15) is 0 Å². The molecule has 1 nitrogen and oxygen atoms in total. The van der Waals surface area contributed by atoms with Crippen molar-refractivity contribution in [2.24, 2.45) is 0 Å². The number of hydrogen-bond donors (Lipinski definition) is 0. The zero-order valence-corrected chi connectivity index (χ0v) is 10.5. The molecule has 0 atom stereocenters. The minimum absolute atomic E-state index is 0.923. The highest BCUT2D eigenvalue weighted by Gasteiger charge is 2.06. The number of rotatable bonds is 4. The highest BCUT2D eigenvalue weighted by Crippen LogP contribution is 2.24. The van der Waals surface area contributed by atoms with Crippen LogP contribution < -0.4 is 0 Å². The number of benzene rings is 1. The Bertz CT molecular complexity index is 443. The fourth-order valence-corrected chi connectivity index (χ4v) is 1.84. The van der Waals surface area contributed by atoms with Crippen LogP contribution in [0.25, 0.3) is 5.57 Å². The van der Waals surface area contributed by atoms with Crippen LogP contribution in [-0.4, -0.2) is 5.33 Å². The van der Waals surface area contributed by atoms with Gasteiger partial charge < -0.3 is 4.42 Å². The topological polar surface area (TPSA) is 13.1 Å². The molecule has 0 aliphatic carbocycles. The van der Waals surface area contributed by atoms with Crippen LogP contribution in [0.2, 0.25) is 0 Å². The van der Waals surface area contributed by atoms with Gasteiger partial charge in [0.2, 0.25) is 0 Å². The Kier molecular flexibility index (Phi) is 4.00. The van der Waals surface area contributed by atoms with Gasteiger partial charge in [-0.1, -0.05) is 52.3 Å². The number of alkyl halides is 1. The highest BCUT2D eigenvalue weighted by atomic mass is 79.9. The van der Waals surface area contributed by atoms with Gasteiger partial charge in [0.05, 0.1) is 6.26 Å². The van der Waals surface area contributed by atoms with Gasteiger partial charge >= 0.3 is 0 Å². The molecule has 82 valence electrons. The number of halogens is 1. The van der Waals surface area contributed by atoms with Crippen molar-refractivity contribution in [3.8, 4) is 0 Å². The van der Waals surface area contributed by atoms with Gasteiger partial charge in [-0.3, -0.25) is 0 Å². The van der Waals surface area contributed by atoms with Crippen LogP contribution in [0.5, 0.6) is 0 Å². The summed E-state index contributed by atoms with van der Waals surface area (Å²) in [4.78, 5) is 0. The Morgan fingerprint density at radius 1 is 1.12 bits per heavy atom. The zero-order chi connectivity index (χ0) is 11.2. The van der Waals surface area contributed by atoms with Crippen LogP contribution in [0, 0.1) is 0 Å². The zero-order valence-electron chi connectivity index (χ0n) is 8.90. The molecule has 16 heavy (non-hydrogen) atoms. The standard InChI is InChI=1S/C14H13BrO/c15-10-4-8-13(14-9-5-11-16-14)12-6-2-1-3-7-12/h1-3,5-9,11H,4,10H2/b13-8+. The Balaban J connectivity index is 2.37. The van der Waals surface area contributed by atoms with Crippen LogP contribution >= 0.6 is 15.9 Å². The van der Waals surface area contributed by atoms with Crippen molar-refractivity contribution in [1.82, 2.24) is 0 Å². The Morgan fingerprint density at radius 3 is 2.56 bits per heavy atom. The maximum atomic E-state index is 5.46. The highest BCUT2D eigenvalue weighted by molar-refractivity contribution is 9.09. The molecule has 0 saturated carbocycles. The van der Waals surface area contributed by atoms with Gasteiger partial charge in [-0.25, -0.2) is 0 Å². The summed E-state index contributed by atoms with van der Waals surface area (Å²) in [5, 5.41) is 0.962. The van der Waals surface area contributed by atoms with E-state index in [-0.39, 0.29) is 0 Å². The average Bonchev–Trinajstić information content (AvgIpc) is 2.85. The number of furan rings is 1. The normalized spacial score (nSPS) is 11.7. The third-order valence-corrected chi connectivity index (χ3v) is 2.79. The molecule has 0 amide bonds. The summed E-state index contributed by atoms with van der Waals surface area (Å²) in [5.74, 6) is 0.923. The van der Waals surface area contributed by atoms with Crippen molar-refractivity contribution in [2.45, 2.75) is 6.42 Å². The third-order valence-electron chi connectivity index (χ3n) is 2.33. The molecule has 0 aliphatic rings. The lowest BCUT2D eigenvalue weighted by Crippen LogP contribution is -1.86. The monoisotopic (exact) mass is 276 g/mol. The molecule has 0 aliphatic heterocycles. The van der Waals surface area contributed by atoms with Gasteiger partial charge in [-0.05, 0) is 24.1 Å². The largest absolute Gasteiger partial charge is 0.464 e. The fraction of sp³-hybridized carbons (Fsp3) is 0.143. The first kappa shape index (κ1) is 11.2. The second-order valence-corrected chi connectivity index (χ2v) is 4.23. The van der Waals surface area contributed by atoms with Crippen LogP contribution in [0.4, 0.5) is 0 Å². The summed E-state index contributed by atoms with van der Waals surface area (Å²) >= 11 is 3.44. The Labute approximate surface area is 104 Å². The van der Waals surface area contributed by atoms with Crippen LogP contribution in [0.15, 0.2) is 59.2 Å². The van der Waals surface area contributed by atoms with E-state index in [0.717, 1.165) is 23.1 Å². The predicted molar refractivity (Wildman–Crippen MR) is 70.6 cm³/mol. The van der Waals surface area contributed by atoms with Gasteiger partial charge in [0.25, 0.3) is 0 Å². The van der Waals surface area contributed by atoms with E-state index in [2.05, 4.69) is 34.1 Å². The molecule has 0 fully saturated rings. The lowest BCUT2D eigenvalue weighted by Gasteiger charge is -2.04. The van der Waals surface area contributed by atoms with E-state index in [0.29, 0.717) is 0 Å². The van der Waals surface area contributed by atoms with Crippen molar-refractivity contribution in [3.63, 3.8) is 0 Å². The molecule has 0 N–H and O–H groups in total. The molecule has 1 aromatic carbocycles. The summed E-state index contributed by atoms with van der Waals surface area (Å²) in [6.07, 6.45) is 4.90. The Hall–Kier alpha value is -1.28. The first-order chi connectivity index (χ1) is 7.92. The first-order valence-electron chi connectivity index (χ1n) is 5.27. The van der Waals surface area contributed by atoms with E-state index in [1.807, 2.05) is 30.3 Å². The molecule has 2 rings (SSSR count). The third kappa shape index (κ3) is 2.64. The molecule has 0 unspecified atom stereocenters. The predicted octanol–water partition coefficient (Wildman–Crippen LogP) is 4.50. The first-order valence-corrected chi connectivity index (χ1v) is 6.39. The average molecular weight is 277 g/mol. The second-order valence-electron chi connectivity index (χ2n) is 3.44.